The zero-order chi connectivity index (χ0) is 18.2. The standard InChI is InChI=1S/C22H23N5/c23-22-20-21(18-8-1-2-9-19(18)25-22)27(15-24-20)14-17-7-5-6-16(12-17)13-26-10-3-4-11-26/h1-2,5-9,12,15H,3-4,10-11,13-14H2,(H2,23,25). The van der Waals surface area contributed by atoms with E-state index in [2.05, 4.69) is 49.8 Å². The summed E-state index contributed by atoms with van der Waals surface area (Å²) in [7, 11) is 0. The number of pyridine rings is 1. The van der Waals surface area contributed by atoms with E-state index in [0.29, 0.717) is 5.82 Å². The molecule has 0 saturated carbocycles. The van der Waals surface area contributed by atoms with Crippen LogP contribution >= 0.6 is 0 Å². The molecule has 27 heavy (non-hydrogen) atoms. The van der Waals surface area contributed by atoms with E-state index < -0.39 is 0 Å². The highest BCUT2D eigenvalue weighted by atomic mass is 15.1. The fourth-order valence-electron chi connectivity index (χ4n) is 4.15. The van der Waals surface area contributed by atoms with Crippen molar-refractivity contribution in [2.75, 3.05) is 18.8 Å². The van der Waals surface area contributed by atoms with Crippen molar-refractivity contribution in [3.05, 3.63) is 66.0 Å². The monoisotopic (exact) mass is 357 g/mol. The van der Waals surface area contributed by atoms with Gasteiger partial charge >= 0.3 is 0 Å². The van der Waals surface area contributed by atoms with Gasteiger partial charge in [-0.1, -0.05) is 42.5 Å². The van der Waals surface area contributed by atoms with Crippen molar-refractivity contribution in [2.45, 2.75) is 25.9 Å². The number of para-hydroxylation sites is 1. The van der Waals surface area contributed by atoms with Crippen molar-refractivity contribution < 1.29 is 0 Å². The average molecular weight is 357 g/mol. The van der Waals surface area contributed by atoms with Gasteiger partial charge in [-0.2, -0.15) is 0 Å². The number of hydrogen-bond donors (Lipinski definition) is 1. The first-order valence-electron chi connectivity index (χ1n) is 9.57. The molecule has 0 spiro atoms. The molecule has 0 unspecified atom stereocenters. The van der Waals surface area contributed by atoms with Gasteiger partial charge < -0.3 is 10.3 Å². The molecule has 5 nitrogen and oxygen atoms in total. The van der Waals surface area contributed by atoms with E-state index in [1.165, 1.54) is 37.1 Å². The normalized spacial score (nSPS) is 15.1. The molecule has 3 heterocycles. The number of nitrogens with zero attached hydrogens (tertiary/aromatic N) is 4. The van der Waals surface area contributed by atoms with Gasteiger partial charge in [0.05, 0.1) is 17.4 Å². The summed E-state index contributed by atoms with van der Waals surface area (Å²) in [5.74, 6) is 0.491. The van der Waals surface area contributed by atoms with E-state index in [1.54, 1.807) is 0 Å². The Kier molecular flexibility index (Phi) is 4.02. The molecule has 1 fully saturated rings. The Hall–Kier alpha value is -2.92. The minimum atomic E-state index is 0.491. The SMILES string of the molecule is Nc1nc2ccccc2c2c1ncn2Cc1cccc(CN2CCCC2)c1. The maximum atomic E-state index is 6.15. The van der Waals surface area contributed by atoms with Gasteiger partial charge in [0.15, 0.2) is 5.82 Å². The van der Waals surface area contributed by atoms with Crippen LogP contribution in [0.15, 0.2) is 54.9 Å². The van der Waals surface area contributed by atoms with Gasteiger partial charge in [-0.25, -0.2) is 9.97 Å². The summed E-state index contributed by atoms with van der Waals surface area (Å²) in [5.41, 5.74) is 11.6. The molecule has 2 N–H and O–H groups in total. The number of hydrogen-bond acceptors (Lipinski definition) is 4. The lowest BCUT2D eigenvalue weighted by Crippen LogP contribution is -2.18. The van der Waals surface area contributed by atoms with Crippen molar-refractivity contribution >= 4 is 27.8 Å². The molecule has 0 bridgehead atoms. The number of fused-ring (bicyclic) bond motifs is 3. The Morgan fingerprint density at radius 1 is 0.926 bits per heavy atom. The molecule has 0 atom stereocenters. The molecule has 0 amide bonds. The van der Waals surface area contributed by atoms with Crippen LogP contribution in [0.25, 0.3) is 21.9 Å². The zero-order valence-electron chi connectivity index (χ0n) is 15.3. The number of nitrogens with two attached hydrogens (primary N) is 1. The molecule has 136 valence electrons. The van der Waals surface area contributed by atoms with E-state index in [0.717, 1.165) is 35.0 Å². The van der Waals surface area contributed by atoms with Crippen molar-refractivity contribution in [3.63, 3.8) is 0 Å². The highest BCUT2D eigenvalue weighted by Gasteiger charge is 2.14. The van der Waals surface area contributed by atoms with Gasteiger partial charge in [0.25, 0.3) is 0 Å². The van der Waals surface area contributed by atoms with E-state index in [-0.39, 0.29) is 0 Å². The van der Waals surface area contributed by atoms with Crippen LogP contribution < -0.4 is 5.73 Å². The first-order chi connectivity index (χ1) is 13.3. The van der Waals surface area contributed by atoms with Crippen LogP contribution in [-0.2, 0) is 13.1 Å². The second-order valence-electron chi connectivity index (χ2n) is 7.39. The first kappa shape index (κ1) is 16.3. The Morgan fingerprint density at radius 2 is 1.70 bits per heavy atom. The van der Waals surface area contributed by atoms with Gasteiger partial charge in [-0.05, 0) is 43.1 Å². The second-order valence-corrected chi connectivity index (χ2v) is 7.39. The molecule has 1 saturated heterocycles. The average Bonchev–Trinajstić information content (AvgIpc) is 3.33. The highest BCUT2D eigenvalue weighted by Crippen LogP contribution is 2.27. The Balaban J connectivity index is 1.51. The van der Waals surface area contributed by atoms with E-state index >= 15 is 0 Å². The summed E-state index contributed by atoms with van der Waals surface area (Å²) in [6.45, 7) is 4.25. The number of imidazole rings is 1. The van der Waals surface area contributed by atoms with Gasteiger partial charge in [0.2, 0.25) is 0 Å². The number of likely N-dealkylation sites (tertiary alicyclic amines) is 1. The zero-order valence-corrected chi connectivity index (χ0v) is 15.3. The van der Waals surface area contributed by atoms with Crippen molar-refractivity contribution in [3.8, 4) is 0 Å². The smallest absolute Gasteiger partial charge is 0.152 e. The van der Waals surface area contributed by atoms with E-state index in [9.17, 15) is 0 Å². The van der Waals surface area contributed by atoms with E-state index in [1.807, 2.05) is 24.5 Å². The maximum absolute atomic E-state index is 6.15. The Labute approximate surface area is 158 Å². The summed E-state index contributed by atoms with van der Waals surface area (Å²) in [6.07, 6.45) is 4.52. The van der Waals surface area contributed by atoms with Gasteiger partial charge in [0.1, 0.15) is 5.52 Å². The van der Waals surface area contributed by atoms with Crippen LogP contribution in [0.1, 0.15) is 24.0 Å². The summed E-state index contributed by atoms with van der Waals surface area (Å²) >= 11 is 0. The Bertz CT molecular complexity index is 1110. The number of nitrogen functional groups attached to an aromatic ring is 1. The number of anilines is 1. The predicted molar refractivity (Wildman–Crippen MR) is 110 cm³/mol. The summed E-state index contributed by atoms with van der Waals surface area (Å²) in [4.78, 5) is 11.6. The minimum Gasteiger partial charge on any atom is -0.382 e. The van der Waals surface area contributed by atoms with Crippen LogP contribution in [0, 0.1) is 0 Å². The van der Waals surface area contributed by atoms with Crippen molar-refractivity contribution in [2.24, 2.45) is 0 Å². The van der Waals surface area contributed by atoms with Crippen LogP contribution in [0.3, 0.4) is 0 Å². The van der Waals surface area contributed by atoms with Gasteiger partial charge in [0, 0.05) is 18.5 Å². The lowest BCUT2D eigenvalue weighted by atomic mass is 10.1. The molecule has 5 rings (SSSR count). The number of rotatable bonds is 4. The predicted octanol–water partition coefficient (Wildman–Crippen LogP) is 3.81. The first-order valence-corrected chi connectivity index (χ1v) is 9.57. The molecule has 2 aromatic carbocycles. The molecule has 1 aliphatic heterocycles. The third-order valence-electron chi connectivity index (χ3n) is 5.43. The largest absolute Gasteiger partial charge is 0.382 e. The van der Waals surface area contributed by atoms with Crippen LogP contribution in [0.2, 0.25) is 0 Å². The maximum Gasteiger partial charge on any atom is 0.152 e. The van der Waals surface area contributed by atoms with Crippen LogP contribution in [-0.4, -0.2) is 32.5 Å². The van der Waals surface area contributed by atoms with Gasteiger partial charge in [-0.3, -0.25) is 4.90 Å². The van der Waals surface area contributed by atoms with Crippen molar-refractivity contribution in [1.82, 2.24) is 19.4 Å². The number of benzene rings is 2. The number of aromatic nitrogens is 3. The fourth-order valence-corrected chi connectivity index (χ4v) is 4.15. The molecule has 4 aromatic rings. The molecule has 0 radical (unpaired) electrons. The molecule has 0 aliphatic carbocycles. The van der Waals surface area contributed by atoms with Crippen molar-refractivity contribution in [1.29, 1.82) is 0 Å². The molecular weight excluding hydrogens is 334 g/mol. The summed E-state index contributed by atoms with van der Waals surface area (Å²) in [5, 5.41) is 1.09. The second kappa shape index (κ2) is 6.67. The molecular formula is C22H23N5. The fraction of sp³-hybridized carbons (Fsp3) is 0.273. The summed E-state index contributed by atoms with van der Waals surface area (Å²) in [6, 6.07) is 17.0. The molecule has 1 aliphatic rings. The quantitative estimate of drug-likeness (QED) is 0.603. The third-order valence-corrected chi connectivity index (χ3v) is 5.43. The topological polar surface area (TPSA) is 60.0 Å². The lowest BCUT2D eigenvalue weighted by molar-refractivity contribution is 0.331. The Morgan fingerprint density at radius 3 is 2.56 bits per heavy atom. The van der Waals surface area contributed by atoms with Crippen LogP contribution in [0.5, 0.6) is 0 Å². The lowest BCUT2D eigenvalue weighted by Gasteiger charge is -2.15. The molecule has 2 aromatic heterocycles. The molecule has 5 heteroatoms. The van der Waals surface area contributed by atoms with Crippen LogP contribution in [0.4, 0.5) is 5.82 Å². The minimum absolute atomic E-state index is 0.491. The van der Waals surface area contributed by atoms with Gasteiger partial charge in [-0.15, -0.1) is 0 Å². The summed E-state index contributed by atoms with van der Waals surface area (Å²) < 4.78 is 2.19. The van der Waals surface area contributed by atoms with E-state index in [4.69, 9.17) is 5.73 Å². The third kappa shape index (κ3) is 3.04. The highest BCUT2D eigenvalue weighted by molar-refractivity contribution is 6.06.